The molecule has 0 N–H and O–H groups in total. The normalized spacial score (nSPS) is 11.7. The molecule has 0 saturated heterocycles. The smallest absolute Gasteiger partial charge is 0.356 e. The van der Waals surface area contributed by atoms with E-state index in [0.29, 0.717) is 68.3 Å². The molecule has 0 aliphatic carbocycles. The predicted octanol–water partition coefficient (Wildman–Crippen LogP) is 3.70. The molecular weight excluding hydrogens is 568 g/mol. The number of hydrogen-bond acceptors (Lipinski definition) is 10. The molecular formula is C28H12CuN12. The van der Waals surface area contributed by atoms with Crippen LogP contribution in [0.2, 0.25) is 0 Å². The summed E-state index contributed by atoms with van der Waals surface area (Å²) >= 11 is 0. The monoisotopic (exact) mass is 579 g/mol. The van der Waals surface area contributed by atoms with Crippen LogP contribution in [-0.4, -0.2) is 49.8 Å². The summed E-state index contributed by atoms with van der Waals surface area (Å²) in [7, 11) is 0. The Morgan fingerprint density at radius 1 is 0.415 bits per heavy atom. The van der Waals surface area contributed by atoms with Crippen molar-refractivity contribution in [3.63, 3.8) is 0 Å². The van der Waals surface area contributed by atoms with Crippen LogP contribution in [-0.2, 0) is 17.1 Å². The number of hydrogen-bond donors (Lipinski definition) is 0. The summed E-state index contributed by atoms with van der Waals surface area (Å²) < 4.78 is 0. The average Bonchev–Trinajstić information content (AvgIpc) is 3.73. The van der Waals surface area contributed by atoms with Gasteiger partial charge in [-0.05, 0) is 36.4 Å². The zero-order valence-corrected chi connectivity index (χ0v) is 21.5. The van der Waals surface area contributed by atoms with Crippen LogP contribution in [0.5, 0.6) is 0 Å². The Morgan fingerprint density at radius 3 is 1.32 bits per heavy atom. The van der Waals surface area contributed by atoms with Gasteiger partial charge in [-0.1, -0.05) is 12.1 Å². The zero-order valence-electron chi connectivity index (χ0n) is 20.6. The summed E-state index contributed by atoms with van der Waals surface area (Å²) in [6.07, 6.45) is 6.78. The van der Waals surface area contributed by atoms with Crippen LogP contribution in [0.3, 0.4) is 0 Å². The summed E-state index contributed by atoms with van der Waals surface area (Å²) in [6, 6.07) is 14.9. The molecule has 8 bridgehead atoms. The Labute approximate surface area is 240 Å². The van der Waals surface area contributed by atoms with E-state index in [-0.39, 0.29) is 17.1 Å². The van der Waals surface area contributed by atoms with Crippen molar-refractivity contribution >= 4 is 44.4 Å². The minimum atomic E-state index is 0. The minimum Gasteiger partial charge on any atom is -0.356 e. The van der Waals surface area contributed by atoms with Gasteiger partial charge in [-0.3, -0.25) is 19.9 Å². The Kier molecular flexibility index (Phi) is 4.99. The molecule has 0 amide bonds. The first kappa shape index (κ1) is 23.4. The molecule has 7 aromatic heterocycles. The summed E-state index contributed by atoms with van der Waals surface area (Å²) in [4.78, 5) is 56.5. The Hall–Kier alpha value is -5.52. The molecule has 0 unspecified atom stereocenters. The molecule has 0 saturated carbocycles. The third kappa shape index (κ3) is 3.46. The van der Waals surface area contributed by atoms with Gasteiger partial charge in [0, 0.05) is 69.3 Å². The van der Waals surface area contributed by atoms with Crippen LogP contribution in [0.25, 0.3) is 90.2 Å². The van der Waals surface area contributed by atoms with E-state index in [1.807, 2.05) is 48.5 Å². The van der Waals surface area contributed by atoms with Crippen LogP contribution >= 0.6 is 0 Å². The fourth-order valence-corrected chi connectivity index (χ4v) is 4.96. The Bertz CT molecular complexity index is 2040. The summed E-state index contributed by atoms with van der Waals surface area (Å²) in [6.45, 7) is 0. The third-order valence-corrected chi connectivity index (χ3v) is 6.74. The number of aromatic nitrogens is 12. The third-order valence-electron chi connectivity index (χ3n) is 6.74. The van der Waals surface area contributed by atoms with Gasteiger partial charge in [-0.25, -0.2) is 9.97 Å². The van der Waals surface area contributed by atoms with Crippen molar-refractivity contribution in [3.8, 4) is 45.8 Å². The van der Waals surface area contributed by atoms with Crippen LogP contribution < -0.4 is 9.97 Å². The molecule has 0 aromatic carbocycles. The van der Waals surface area contributed by atoms with Gasteiger partial charge in [-0.15, -0.1) is 0 Å². The Balaban J connectivity index is 0.00000256. The van der Waals surface area contributed by atoms with Crippen LogP contribution in [0, 0.1) is 0 Å². The maximum Gasteiger partial charge on any atom is 2.00 e. The summed E-state index contributed by atoms with van der Waals surface area (Å²) in [5, 5.41) is 1.46. The van der Waals surface area contributed by atoms with Crippen molar-refractivity contribution in [1.82, 2.24) is 59.8 Å². The molecule has 2 aliphatic rings. The second kappa shape index (κ2) is 8.74. The molecule has 0 fully saturated rings. The molecule has 7 aromatic rings. The van der Waals surface area contributed by atoms with E-state index in [1.165, 1.54) is 0 Å². The molecule has 9 heterocycles. The quantitative estimate of drug-likeness (QED) is 0.240. The van der Waals surface area contributed by atoms with Gasteiger partial charge in [0.25, 0.3) is 0 Å². The van der Waals surface area contributed by atoms with Gasteiger partial charge in [0.05, 0.1) is 22.7 Å². The average molecular weight is 580 g/mol. The molecule has 9 rings (SSSR count). The van der Waals surface area contributed by atoms with Gasteiger partial charge in [-0.2, -0.15) is 0 Å². The molecule has 0 atom stereocenters. The molecule has 12 nitrogen and oxygen atoms in total. The summed E-state index contributed by atoms with van der Waals surface area (Å²) in [5.41, 5.74) is 5.44. The molecule has 13 heteroatoms. The molecule has 1 radical (unpaired) electrons. The first-order valence-corrected chi connectivity index (χ1v) is 12.3. The second-order valence-corrected chi connectivity index (χ2v) is 9.08. The molecule has 2 aliphatic heterocycles. The molecule has 195 valence electrons. The second-order valence-electron chi connectivity index (χ2n) is 9.08. The molecule has 0 spiro atoms. The van der Waals surface area contributed by atoms with E-state index in [9.17, 15) is 0 Å². The van der Waals surface area contributed by atoms with Crippen molar-refractivity contribution in [3.05, 3.63) is 73.3 Å². The Morgan fingerprint density at radius 2 is 0.829 bits per heavy atom. The fourth-order valence-electron chi connectivity index (χ4n) is 4.96. The minimum absolute atomic E-state index is 0. The zero-order chi connectivity index (χ0) is 26.2. The maximum atomic E-state index is 4.82. The first-order valence-electron chi connectivity index (χ1n) is 12.3. The van der Waals surface area contributed by atoms with E-state index in [0.717, 1.165) is 21.9 Å². The van der Waals surface area contributed by atoms with Gasteiger partial charge >= 0.3 is 17.1 Å². The SMILES string of the molecule is [Cu+2].c1cnc2c(c1)-c1nc-2nc2[n-]c(nc3nc(nc4[n-]c(n1)c1ncccc41)-c1ncccc1-3)c1ncccc21. The van der Waals surface area contributed by atoms with Crippen LogP contribution in [0.1, 0.15) is 0 Å². The van der Waals surface area contributed by atoms with Crippen molar-refractivity contribution in [2.75, 3.05) is 0 Å². The van der Waals surface area contributed by atoms with Crippen molar-refractivity contribution in [1.29, 1.82) is 0 Å². The van der Waals surface area contributed by atoms with Gasteiger partial charge < -0.3 is 29.9 Å². The van der Waals surface area contributed by atoms with E-state index in [4.69, 9.17) is 39.9 Å². The van der Waals surface area contributed by atoms with Crippen LogP contribution in [0.15, 0.2) is 73.3 Å². The van der Waals surface area contributed by atoms with Gasteiger partial charge in [0.1, 0.15) is 23.0 Å². The maximum absolute atomic E-state index is 4.82. The van der Waals surface area contributed by atoms with E-state index in [1.54, 1.807) is 24.8 Å². The van der Waals surface area contributed by atoms with Crippen molar-refractivity contribution < 1.29 is 17.1 Å². The standard InChI is InChI=1S/C28H12N12.Cu/c1-5-13-17(29-9-1)25-33-21(13)37-26-18-14(6-2-10-30-18)23(34-26)39-28-20-16(8-4-12-32-20)24(36-28)40-27-19-15(7-3-11-31-19)22(35-27)38-25;/h1-12H;/q-2;+2. The first-order chi connectivity index (χ1) is 19.8. The number of rotatable bonds is 0. The number of nitrogens with zero attached hydrogens (tertiary/aromatic N) is 12. The van der Waals surface area contributed by atoms with Gasteiger partial charge in [0.2, 0.25) is 0 Å². The summed E-state index contributed by atoms with van der Waals surface area (Å²) in [5.74, 6) is 1.61. The van der Waals surface area contributed by atoms with Crippen LogP contribution in [0.4, 0.5) is 0 Å². The largest absolute Gasteiger partial charge is 2.00 e. The fraction of sp³-hybridized carbons (Fsp3) is 0. The van der Waals surface area contributed by atoms with E-state index >= 15 is 0 Å². The topological polar surface area (TPSA) is 157 Å². The van der Waals surface area contributed by atoms with Gasteiger partial charge in [0.15, 0.2) is 0 Å². The molecule has 41 heavy (non-hydrogen) atoms. The van der Waals surface area contributed by atoms with E-state index < -0.39 is 0 Å². The number of pyridine rings is 4. The number of fused-ring (bicyclic) bond motifs is 20. The predicted molar refractivity (Wildman–Crippen MR) is 145 cm³/mol. The van der Waals surface area contributed by atoms with Crippen molar-refractivity contribution in [2.24, 2.45) is 0 Å². The van der Waals surface area contributed by atoms with Crippen molar-refractivity contribution in [2.45, 2.75) is 0 Å². The van der Waals surface area contributed by atoms with E-state index in [2.05, 4.69) is 19.9 Å².